The molecule has 0 saturated heterocycles. The molecule has 228 valence electrons. The normalized spacial score (nSPS) is 10.6. The Morgan fingerprint density at radius 3 is 1.33 bits per heavy atom. The summed E-state index contributed by atoms with van der Waals surface area (Å²) < 4.78 is 16.6. The second kappa shape index (κ2) is 19.9. The first-order valence-corrected chi connectivity index (χ1v) is 15.9. The third-order valence-corrected chi connectivity index (χ3v) is 7.35. The highest BCUT2D eigenvalue weighted by Gasteiger charge is 2.11. The van der Waals surface area contributed by atoms with E-state index in [1.807, 2.05) is 6.07 Å². The van der Waals surface area contributed by atoms with Crippen LogP contribution in [0.2, 0.25) is 0 Å². The van der Waals surface area contributed by atoms with Gasteiger partial charge in [0.05, 0.1) is 29.4 Å². The van der Waals surface area contributed by atoms with Crippen LogP contribution < -0.4 is 14.2 Å². The summed E-state index contributed by atoms with van der Waals surface area (Å²) in [7, 11) is 0. The Hall–Kier alpha value is -4.11. The number of hydrogen-bond donors (Lipinski definition) is 0. The number of ether oxygens (including phenoxy) is 3. The van der Waals surface area contributed by atoms with Crippen LogP contribution >= 0.6 is 0 Å². The van der Waals surface area contributed by atoms with E-state index in [2.05, 4.69) is 6.92 Å². The molecule has 0 aliphatic heterocycles. The summed E-state index contributed by atoms with van der Waals surface area (Å²) in [5.74, 6) is 0.359. The van der Waals surface area contributed by atoms with Crippen LogP contribution in [0.3, 0.4) is 0 Å². The summed E-state index contributed by atoms with van der Waals surface area (Å²) in [6.07, 6.45) is 18.6. The summed E-state index contributed by atoms with van der Waals surface area (Å²) in [6.45, 7) is 2.94. The average Bonchev–Trinajstić information content (AvgIpc) is 3.04. The Bertz CT molecular complexity index is 1260. The van der Waals surface area contributed by atoms with Crippen molar-refractivity contribution in [3.63, 3.8) is 0 Å². The van der Waals surface area contributed by atoms with Gasteiger partial charge in [-0.2, -0.15) is 5.26 Å². The lowest BCUT2D eigenvalue weighted by Gasteiger charge is -2.08. The number of nitrogens with zero attached hydrogens (tertiary/aromatic N) is 1. The highest BCUT2D eigenvalue weighted by molar-refractivity contribution is 5.92. The molecule has 0 aliphatic rings. The van der Waals surface area contributed by atoms with Crippen LogP contribution in [0.4, 0.5) is 0 Å². The van der Waals surface area contributed by atoms with Crippen molar-refractivity contribution >= 4 is 11.9 Å². The molecule has 3 aromatic carbocycles. The van der Waals surface area contributed by atoms with E-state index in [9.17, 15) is 9.59 Å². The van der Waals surface area contributed by atoms with Gasteiger partial charge in [0.15, 0.2) is 0 Å². The highest BCUT2D eigenvalue weighted by Crippen LogP contribution is 2.21. The summed E-state index contributed by atoms with van der Waals surface area (Å²) in [4.78, 5) is 24.9. The monoisotopic (exact) mass is 583 g/mol. The lowest BCUT2D eigenvalue weighted by atomic mass is 10.0. The SMILES string of the molecule is CCCCCCCCCCCCCCCCOc1ccc(C(=O)Oc2ccc(OC(=O)c3ccc(C#N)cc3)cc2)cc1. The fraction of sp³-hybridized carbons (Fsp3) is 0.432. The zero-order chi connectivity index (χ0) is 30.5. The van der Waals surface area contributed by atoms with E-state index in [0.717, 1.165) is 12.2 Å². The van der Waals surface area contributed by atoms with Crippen molar-refractivity contribution in [2.24, 2.45) is 0 Å². The molecular weight excluding hydrogens is 538 g/mol. The molecule has 0 atom stereocenters. The van der Waals surface area contributed by atoms with Gasteiger partial charge in [-0.15, -0.1) is 0 Å². The smallest absolute Gasteiger partial charge is 0.343 e. The molecule has 0 bridgehead atoms. The summed E-state index contributed by atoms with van der Waals surface area (Å²) in [5, 5.41) is 8.87. The first-order valence-electron chi connectivity index (χ1n) is 15.9. The number of benzene rings is 3. The first kappa shape index (κ1) is 33.4. The van der Waals surface area contributed by atoms with Gasteiger partial charge in [-0.1, -0.05) is 90.4 Å². The zero-order valence-corrected chi connectivity index (χ0v) is 25.5. The van der Waals surface area contributed by atoms with Crippen LogP contribution in [0.15, 0.2) is 72.8 Å². The summed E-state index contributed by atoms with van der Waals surface area (Å²) >= 11 is 0. The van der Waals surface area contributed by atoms with Crippen LogP contribution in [-0.4, -0.2) is 18.5 Å². The molecule has 0 saturated carbocycles. The molecule has 0 radical (unpaired) electrons. The average molecular weight is 584 g/mol. The quantitative estimate of drug-likeness (QED) is 0.0747. The van der Waals surface area contributed by atoms with E-state index >= 15 is 0 Å². The minimum Gasteiger partial charge on any atom is -0.494 e. The van der Waals surface area contributed by atoms with E-state index in [1.165, 1.54) is 95.6 Å². The van der Waals surface area contributed by atoms with Crippen LogP contribution in [0.1, 0.15) is 123 Å². The second-order valence-electron chi connectivity index (χ2n) is 10.9. The fourth-order valence-electron chi connectivity index (χ4n) is 4.76. The topological polar surface area (TPSA) is 85.6 Å². The molecule has 0 N–H and O–H groups in total. The van der Waals surface area contributed by atoms with Crippen molar-refractivity contribution < 1.29 is 23.8 Å². The fourth-order valence-corrected chi connectivity index (χ4v) is 4.76. The summed E-state index contributed by atoms with van der Waals surface area (Å²) in [5.41, 5.74) is 1.21. The predicted octanol–water partition coefficient (Wildman–Crippen LogP) is 9.86. The van der Waals surface area contributed by atoms with Gasteiger partial charge in [-0.05, 0) is 79.2 Å². The number of unbranched alkanes of at least 4 members (excludes halogenated alkanes) is 13. The molecule has 43 heavy (non-hydrogen) atoms. The molecule has 0 aliphatic carbocycles. The molecule has 0 heterocycles. The standard InChI is InChI=1S/C37H45NO5/c1-2-3-4-5-6-7-8-9-10-11-12-13-14-15-28-41-33-22-20-32(21-23-33)37(40)43-35-26-24-34(25-27-35)42-36(39)31-18-16-30(29-38)17-19-31/h16-27H,2-15,28H2,1H3. The zero-order valence-electron chi connectivity index (χ0n) is 25.5. The van der Waals surface area contributed by atoms with Crippen molar-refractivity contribution in [2.75, 3.05) is 6.61 Å². The number of esters is 2. The van der Waals surface area contributed by atoms with Gasteiger partial charge in [0.1, 0.15) is 17.2 Å². The third kappa shape index (κ3) is 13.2. The Labute approximate surface area is 257 Å². The first-order chi connectivity index (χ1) is 21.1. The Morgan fingerprint density at radius 2 is 0.907 bits per heavy atom. The van der Waals surface area contributed by atoms with Gasteiger partial charge < -0.3 is 14.2 Å². The second-order valence-corrected chi connectivity index (χ2v) is 10.9. The molecule has 0 fully saturated rings. The van der Waals surface area contributed by atoms with Crippen molar-refractivity contribution in [2.45, 2.75) is 96.8 Å². The number of nitriles is 1. The van der Waals surface area contributed by atoms with Crippen molar-refractivity contribution in [3.8, 4) is 23.3 Å². The maximum absolute atomic E-state index is 12.6. The lowest BCUT2D eigenvalue weighted by Crippen LogP contribution is -2.09. The third-order valence-electron chi connectivity index (χ3n) is 7.35. The highest BCUT2D eigenvalue weighted by atomic mass is 16.5. The van der Waals surface area contributed by atoms with Gasteiger partial charge in [0, 0.05) is 0 Å². The maximum Gasteiger partial charge on any atom is 0.343 e. The summed E-state index contributed by atoms with van der Waals surface area (Å²) in [6, 6.07) is 21.4. The van der Waals surface area contributed by atoms with Gasteiger partial charge in [0.2, 0.25) is 0 Å². The maximum atomic E-state index is 12.6. The van der Waals surface area contributed by atoms with Crippen LogP contribution in [0.25, 0.3) is 0 Å². The number of carbonyl (C=O) groups excluding carboxylic acids is 2. The molecule has 6 nitrogen and oxygen atoms in total. The molecule has 3 rings (SSSR count). The van der Waals surface area contributed by atoms with E-state index in [0.29, 0.717) is 34.8 Å². The minimum atomic E-state index is -0.541. The van der Waals surface area contributed by atoms with Crippen LogP contribution in [0.5, 0.6) is 17.2 Å². The van der Waals surface area contributed by atoms with E-state index in [4.69, 9.17) is 19.5 Å². The lowest BCUT2D eigenvalue weighted by molar-refractivity contribution is 0.0719. The van der Waals surface area contributed by atoms with Gasteiger partial charge in [0.25, 0.3) is 0 Å². The van der Waals surface area contributed by atoms with E-state index < -0.39 is 11.9 Å². The van der Waals surface area contributed by atoms with Gasteiger partial charge >= 0.3 is 11.9 Å². The predicted molar refractivity (Wildman–Crippen MR) is 170 cm³/mol. The van der Waals surface area contributed by atoms with E-state index in [1.54, 1.807) is 60.7 Å². The molecular formula is C37H45NO5. The van der Waals surface area contributed by atoms with Crippen LogP contribution in [-0.2, 0) is 0 Å². The molecule has 6 heteroatoms. The molecule has 0 aromatic heterocycles. The molecule has 0 spiro atoms. The molecule has 0 amide bonds. The molecule has 3 aromatic rings. The van der Waals surface area contributed by atoms with Crippen molar-refractivity contribution in [1.29, 1.82) is 5.26 Å². The van der Waals surface area contributed by atoms with E-state index in [-0.39, 0.29) is 0 Å². The Kier molecular flexibility index (Phi) is 15.5. The van der Waals surface area contributed by atoms with Crippen molar-refractivity contribution in [3.05, 3.63) is 89.5 Å². The van der Waals surface area contributed by atoms with Crippen LogP contribution in [0, 0.1) is 11.3 Å². The van der Waals surface area contributed by atoms with Crippen molar-refractivity contribution in [1.82, 2.24) is 0 Å². The number of rotatable bonds is 20. The minimum absolute atomic E-state index is 0.314. The van der Waals surface area contributed by atoms with Gasteiger partial charge in [-0.3, -0.25) is 0 Å². The number of carbonyl (C=O) groups is 2. The Morgan fingerprint density at radius 1 is 0.535 bits per heavy atom. The molecule has 0 unspecified atom stereocenters. The number of hydrogen-bond acceptors (Lipinski definition) is 6. The Balaban J connectivity index is 1.25. The van der Waals surface area contributed by atoms with Gasteiger partial charge in [-0.25, -0.2) is 9.59 Å². The largest absolute Gasteiger partial charge is 0.494 e.